The van der Waals surface area contributed by atoms with Crippen LogP contribution in [-0.2, 0) is 4.79 Å². The molecule has 1 atom stereocenters. The second kappa shape index (κ2) is 7.64. The number of para-hydroxylation sites is 1. The molecule has 1 aliphatic heterocycles. The van der Waals surface area contributed by atoms with Crippen LogP contribution in [0.1, 0.15) is 13.0 Å². The van der Waals surface area contributed by atoms with E-state index in [1.807, 2.05) is 35.2 Å². The molecule has 0 saturated carbocycles. The van der Waals surface area contributed by atoms with E-state index in [0.29, 0.717) is 29.0 Å². The van der Waals surface area contributed by atoms with Crippen molar-refractivity contribution in [3.63, 3.8) is 0 Å². The van der Waals surface area contributed by atoms with Gasteiger partial charge in [0.1, 0.15) is 6.04 Å². The number of nitrogens with zero attached hydrogens (tertiary/aromatic N) is 4. The number of piperazine rings is 1. The van der Waals surface area contributed by atoms with E-state index in [4.69, 9.17) is 11.6 Å². The van der Waals surface area contributed by atoms with Gasteiger partial charge in [0.15, 0.2) is 0 Å². The van der Waals surface area contributed by atoms with E-state index in [1.54, 1.807) is 25.1 Å². The van der Waals surface area contributed by atoms with Crippen molar-refractivity contribution in [2.75, 3.05) is 31.1 Å². The molecule has 0 spiro atoms. The summed E-state index contributed by atoms with van der Waals surface area (Å²) >= 11 is 6.08. The SMILES string of the molecule is C[C@@H](C(=O)N1CCN(c2cccc(Cl)c2)CC1)n1cnc2ccccc2c1=O. The minimum atomic E-state index is -0.595. The Bertz CT molecular complexity index is 1070. The van der Waals surface area contributed by atoms with Gasteiger partial charge in [-0.1, -0.05) is 29.8 Å². The summed E-state index contributed by atoms with van der Waals surface area (Å²) in [4.78, 5) is 34.1. The fraction of sp³-hybridized carbons (Fsp3) is 0.286. The second-order valence-electron chi connectivity index (χ2n) is 6.94. The molecule has 2 aromatic carbocycles. The van der Waals surface area contributed by atoms with Gasteiger partial charge >= 0.3 is 0 Å². The number of rotatable bonds is 3. The van der Waals surface area contributed by atoms with Crippen LogP contribution in [0.15, 0.2) is 59.7 Å². The van der Waals surface area contributed by atoms with Gasteiger partial charge in [0, 0.05) is 36.9 Å². The Labute approximate surface area is 168 Å². The zero-order valence-electron chi connectivity index (χ0n) is 15.6. The topological polar surface area (TPSA) is 58.4 Å². The van der Waals surface area contributed by atoms with Crippen LogP contribution in [0, 0.1) is 0 Å². The van der Waals surface area contributed by atoms with E-state index in [9.17, 15) is 9.59 Å². The minimum Gasteiger partial charge on any atom is -0.368 e. The highest BCUT2D eigenvalue weighted by atomic mass is 35.5. The average Bonchev–Trinajstić information content (AvgIpc) is 2.73. The van der Waals surface area contributed by atoms with Crippen molar-refractivity contribution in [3.8, 4) is 0 Å². The minimum absolute atomic E-state index is 0.0649. The maximum absolute atomic E-state index is 13.0. The number of anilines is 1. The van der Waals surface area contributed by atoms with Crippen molar-refractivity contribution in [2.24, 2.45) is 0 Å². The van der Waals surface area contributed by atoms with Crippen LogP contribution < -0.4 is 10.5 Å². The maximum atomic E-state index is 13.0. The number of amides is 1. The van der Waals surface area contributed by atoms with Gasteiger partial charge in [0.05, 0.1) is 17.2 Å². The average molecular weight is 397 g/mol. The number of benzene rings is 2. The predicted molar refractivity (Wildman–Crippen MR) is 111 cm³/mol. The Morgan fingerprint density at radius 2 is 1.82 bits per heavy atom. The van der Waals surface area contributed by atoms with Crippen molar-refractivity contribution in [3.05, 3.63) is 70.2 Å². The lowest BCUT2D eigenvalue weighted by molar-refractivity contribution is -0.134. The molecule has 0 N–H and O–H groups in total. The first-order chi connectivity index (χ1) is 13.5. The molecule has 1 aliphatic rings. The van der Waals surface area contributed by atoms with Crippen LogP contribution in [-0.4, -0.2) is 46.5 Å². The van der Waals surface area contributed by atoms with E-state index >= 15 is 0 Å². The lowest BCUT2D eigenvalue weighted by Crippen LogP contribution is -2.51. The summed E-state index contributed by atoms with van der Waals surface area (Å²) in [5.41, 5.74) is 1.50. The lowest BCUT2D eigenvalue weighted by Gasteiger charge is -2.37. The van der Waals surface area contributed by atoms with Crippen LogP contribution in [0.25, 0.3) is 10.9 Å². The predicted octanol–water partition coefficient (Wildman–Crippen LogP) is 2.96. The van der Waals surface area contributed by atoms with Crippen LogP contribution >= 0.6 is 11.6 Å². The van der Waals surface area contributed by atoms with Crippen molar-refractivity contribution in [1.82, 2.24) is 14.5 Å². The Morgan fingerprint density at radius 3 is 2.57 bits per heavy atom. The number of hydrogen-bond donors (Lipinski definition) is 0. The van der Waals surface area contributed by atoms with Gasteiger partial charge < -0.3 is 9.80 Å². The van der Waals surface area contributed by atoms with Crippen molar-refractivity contribution in [1.29, 1.82) is 0 Å². The van der Waals surface area contributed by atoms with Gasteiger partial charge in [-0.05, 0) is 37.3 Å². The summed E-state index contributed by atoms with van der Waals surface area (Å²) in [5.74, 6) is -0.0649. The highest BCUT2D eigenvalue weighted by molar-refractivity contribution is 6.30. The molecule has 0 radical (unpaired) electrons. The number of fused-ring (bicyclic) bond motifs is 1. The van der Waals surface area contributed by atoms with E-state index in [2.05, 4.69) is 9.88 Å². The molecule has 2 heterocycles. The van der Waals surface area contributed by atoms with Gasteiger partial charge in [-0.2, -0.15) is 0 Å². The number of carbonyl (C=O) groups excluding carboxylic acids is 1. The summed E-state index contributed by atoms with van der Waals surface area (Å²) in [6.45, 7) is 4.41. The second-order valence-corrected chi connectivity index (χ2v) is 7.38. The first-order valence-corrected chi connectivity index (χ1v) is 9.67. The molecular formula is C21H21ClN4O2. The van der Waals surface area contributed by atoms with Crippen LogP contribution in [0.5, 0.6) is 0 Å². The van der Waals surface area contributed by atoms with E-state index in [0.717, 1.165) is 18.8 Å². The maximum Gasteiger partial charge on any atom is 0.261 e. The first kappa shape index (κ1) is 18.5. The van der Waals surface area contributed by atoms with Crippen molar-refractivity contribution >= 4 is 34.1 Å². The van der Waals surface area contributed by atoms with Gasteiger partial charge in [-0.25, -0.2) is 4.98 Å². The quantitative estimate of drug-likeness (QED) is 0.683. The number of hydrogen-bond acceptors (Lipinski definition) is 4. The van der Waals surface area contributed by atoms with Gasteiger partial charge in [0.25, 0.3) is 5.56 Å². The van der Waals surface area contributed by atoms with Gasteiger partial charge in [-0.15, -0.1) is 0 Å². The third-order valence-corrected chi connectivity index (χ3v) is 5.46. The molecule has 4 rings (SSSR count). The molecule has 7 heteroatoms. The van der Waals surface area contributed by atoms with Crippen molar-refractivity contribution in [2.45, 2.75) is 13.0 Å². The summed E-state index contributed by atoms with van der Waals surface area (Å²) in [6.07, 6.45) is 1.47. The highest BCUT2D eigenvalue weighted by Gasteiger charge is 2.27. The zero-order valence-corrected chi connectivity index (χ0v) is 16.3. The summed E-state index contributed by atoms with van der Waals surface area (Å²) < 4.78 is 1.42. The number of carbonyl (C=O) groups is 1. The normalized spacial score (nSPS) is 15.6. The Hall–Kier alpha value is -2.86. The standard InChI is InChI=1S/C21H21ClN4O2/c1-15(26-14-23-19-8-3-2-7-18(19)21(26)28)20(27)25-11-9-24(10-12-25)17-6-4-5-16(22)13-17/h2-8,13-15H,9-12H2,1H3/t15-/m0/s1. The largest absolute Gasteiger partial charge is 0.368 e. The number of halogens is 1. The molecule has 0 unspecified atom stereocenters. The van der Waals surface area contributed by atoms with E-state index < -0.39 is 6.04 Å². The molecule has 1 amide bonds. The Kier molecular flexibility index (Phi) is 5.05. The molecule has 1 saturated heterocycles. The lowest BCUT2D eigenvalue weighted by atomic mass is 10.2. The van der Waals surface area contributed by atoms with Crippen LogP contribution in [0.2, 0.25) is 5.02 Å². The van der Waals surface area contributed by atoms with Crippen LogP contribution in [0.3, 0.4) is 0 Å². The fourth-order valence-corrected chi connectivity index (χ4v) is 3.78. The van der Waals surface area contributed by atoms with Gasteiger partial charge in [-0.3, -0.25) is 14.2 Å². The molecule has 6 nitrogen and oxygen atoms in total. The molecular weight excluding hydrogens is 376 g/mol. The molecule has 1 aromatic heterocycles. The molecule has 0 bridgehead atoms. The van der Waals surface area contributed by atoms with Crippen LogP contribution in [0.4, 0.5) is 5.69 Å². The Balaban J connectivity index is 1.48. The monoisotopic (exact) mass is 396 g/mol. The molecule has 144 valence electrons. The van der Waals surface area contributed by atoms with E-state index in [1.165, 1.54) is 10.9 Å². The Morgan fingerprint density at radius 1 is 1.07 bits per heavy atom. The fourth-order valence-electron chi connectivity index (χ4n) is 3.60. The summed E-state index contributed by atoms with van der Waals surface area (Å²) in [6, 6.07) is 14.3. The first-order valence-electron chi connectivity index (χ1n) is 9.30. The zero-order chi connectivity index (χ0) is 19.7. The summed E-state index contributed by atoms with van der Waals surface area (Å²) in [7, 11) is 0. The number of aromatic nitrogens is 2. The van der Waals surface area contributed by atoms with Gasteiger partial charge in [0.2, 0.25) is 5.91 Å². The third-order valence-electron chi connectivity index (χ3n) is 5.23. The smallest absolute Gasteiger partial charge is 0.261 e. The van der Waals surface area contributed by atoms with Crippen molar-refractivity contribution < 1.29 is 4.79 Å². The molecule has 0 aliphatic carbocycles. The third kappa shape index (κ3) is 3.47. The molecule has 3 aromatic rings. The molecule has 1 fully saturated rings. The van der Waals surface area contributed by atoms with E-state index in [-0.39, 0.29) is 11.5 Å². The summed E-state index contributed by atoms with van der Waals surface area (Å²) in [5, 5.41) is 1.23. The molecule has 28 heavy (non-hydrogen) atoms. The highest BCUT2D eigenvalue weighted by Crippen LogP contribution is 2.21.